The van der Waals surface area contributed by atoms with Crippen LogP contribution in [0.2, 0.25) is 0 Å². The summed E-state index contributed by atoms with van der Waals surface area (Å²) in [5, 5.41) is 0. The van der Waals surface area contributed by atoms with Crippen LogP contribution in [0.5, 0.6) is 0 Å². The van der Waals surface area contributed by atoms with Gasteiger partial charge in [0.25, 0.3) is 0 Å². The van der Waals surface area contributed by atoms with Gasteiger partial charge in [0.05, 0.1) is 0 Å². The van der Waals surface area contributed by atoms with Crippen molar-refractivity contribution < 1.29 is 14.3 Å². The lowest BCUT2D eigenvalue weighted by Crippen LogP contribution is -2.53. The average molecular weight is 406 g/mol. The standard InChI is InChI=1S/C26H31NO3/c1-16(28)30-19-8-10-25(2)18(13-19)14-23(29)24-21-7-6-20(17-5-4-12-27-15-17)26(21,3)11-9-22(24)25/h4-6,12,14-15,19,21-22,24H,7-11,13H2,1-3H3/t19-,21-,22-,24-,25-,26+/m0/s1. The number of rotatable bonds is 2. The predicted molar refractivity (Wildman–Crippen MR) is 115 cm³/mol. The summed E-state index contributed by atoms with van der Waals surface area (Å²) in [5.74, 6) is 0.918. The van der Waals surface area contributed by atoms with Gasteiger partial charge < -0.3 is 4.74 Å². The van der Waals surface area contributed by atoms with Crippen LogP contribution in [-0.2, 0) is 14.3 Å². The van der Waals surface area contributed by atoms with Crippen molar-refractivity contribution in [2.45, 2.75) is 65.4 Å². The molecular weight excluding hydrogens is 374 g/mol. The zero-order valence-corrected chi connectivity index (χ0v) is 18.2. The molecule has 0 amide bonds. The lowest BCUT2D eigenvalue weighted by molar-refractivity contribution is -0.148. The fourth-order valence-electron chi connectivity index (χ4n) is 7.25. The number of hydrogen-bond acceptors (Lipinski definition) is 4. The maximum absolute atomic E-state index is 13.5. The van der Waals surface area contributed by atoms with Crippen LogP contribution in [0, 0.1) is 28.6 Å². The van der Waals surface area contributed by atoms with Crippen LogP contribution < -0.4 is 0 Å². The molecule has 4 nitrogen and oxygen atoms in total. The molecule has 4 aliphatic rings. The number of hydrogen-bond donors (Lipinski definition) is 0. The van der Waals surface area contributed by atoms with Gasteiger partial charge in [-0.3, -0.25) is 14.6 Å². The Morgan fingerprint density at radius 1 is 1.17 bits per heavy atom. The van der Waals surface area contributed by atoms with E-state index in [1.807, 2.05) is 24.5 Å². The van der Waals surface area contributed by atoms with Gasteiger partial charge in [-0.1, -0.05) is 31.6 Å². The quantitative estimate of drug-likeness (QED) is 0.639. The van der Waals surface area contributed by atoms with E-state index >= 15 is 0 Å². The molecule has 0 spiro atoms. The van der Waals surface area contributed by atoms with Crippen molar-refractivity contribution in [2.75, 3.05) is 0 Å². The van der Waals surface area contributed by atoms with Crippen LogP contribution >= 0.6 is 0 Å². The normalized spacial score (nSPS) is 39.9. The van der Waals surface area contributed by atoms with Crippen molar-refractivity contribution in [1.29, 1.82) is 0 Å². The van der Waals surface area contributed by atoms with E-state index in [2.05, 4.69) is 31.0 Å². The Kier molecular flexibility index (Phi) is 4.53. The Bertz CT molecular complexity index is 948. The molecule has 158 valence electrons. The zero-order valence-electron chi connectivity index (χ0n) is 18.2. The first kappa shape index (κ1) is 19.7. The minimum absolute atomic E-state index is 0.0382. The molecule has 0 N–H and O–H groups in total. The van der Waals surface area contributed by atoms with E-state index in [4.69, 9.17) is 4.74 Å². The highest BCUT2D eigenvalue weighted by Crippen LogP contribution is 2.65. The minimum atomic E-state index is -0.224. The van der Waals surface area contributed by atoms with Gasteiger partial charge in [-0.05, 0) is 78.0 Å². The van der Waals surface area contributed by atoms with Crippen molar-refractivity contribution in [2.24, 2.45) is 28.6 Å². The summed E-state index contributed by atoms with van der Waals surface area (Å²) in [6, 6.07) is 4.15. The van der Waals surface area contributed by atoms with Crippen molar-refractivity contribution in [3.05, 3.63) is 47.8 Å². The third-order valence-corrected chi connectivity index (χ3v) is 8.79. The zero-order chi connectivity index (χ0) is 21.1. The number of ketones is 1. The largest absolute Gasteiger partial charge is 0.462 e. The first-order valence-electron chi connectivity index (χ1n) is 11.4. The van der Waals surface area contributed by atoms with E-state index in [0.29, 0.717) is 24.0 Å². The van der Waals surface area contributed by atoms with Gasteiger partial charge in [0, 0.05) is 31.7 Å². The number of fused-ring (bicyclic) bond motifs is 5. The van der Waals surface area contributed by atoms with Crippen molar-refractivity contribution in [3.63, 3.8) is 0 Å². The lowest BCUT2D eigenvalue weighted by atomic mass is 9.47. The molecule has 0 saturated heterocycles. The smallest absolute Gasteiger partial charge is 0.302 e. The Balaban J connectivity index is 1.46. The molecule has 0 unspecified atom stereocenters. The van der Waals surface area contributed by atoms with Crippen molar-refractivity contribution >= 4 is 17.3 Å². The second-order valence-electron chi connectivity index (χ2n) is 10.3. The SMILES string of the molecule is CC(=O)O[C@H]1CC[C@@]2(C)C(=CC(=O)[C@@H]3[C@@H]2CC[C@]2(C)C(c4cccnc4)=CC[C@@H]32)C1. The number of carbonyl (C=O) groups excluding carboxylic acids is 2. The van der Waals surface area contributed by atoms with Gasteiger partial charge >= 0.3 is 5.97 Å². The molecule has 5 rings (SSSR count). The fourth-order valence-corrected chi connectivity index (χ4v) is 7.25. The molecule has 30 heavy (non-hydrogen) atoms. The Morgan fingerprint density at radius 2 is 1.97 bits per heavy atom. The first-order chi connectivity index (χ1) is 14.3. The molecule has 0 radical (unpaired) electrons. The number of nitrogens with zero attached hydrogens (tertiary/aromatic N) is 1. The van der Waals surface area contributed by atoms with Crippen molar-refractivity contribution in [3.8, 4) is 0 Å². The van der Waals surface area contributed by atoms with E-state index in [1.165, 1.54) is 23.6 Å². The Hall–Kier alpha value is -2.23. The molecule has 2 saturated carbocycles. The third kappa shape index (κ3) is 2.83. The van der Waals surface area contributed by atoms with Crippen LogP contribution in [0.1, 0.15) is 64.9 Å². The molecule has 2 fully saturated rings. The molecular formula is C26H31NO3. The third-order valence-electron chi connectivity index (χ3n) is 8.79. The number of allylic oxidation sites excluding steroid dienone is 3. The van der Waals surface area contributed by atoms with Crippen LogP contribution in [0.25, 0.3) is 5.57 Å². The van der Waals surface area contributed by atoms with Gasteiger partial charge in [0.1, 0.15) is 6.10 Å². The maximum atomic E-state index is 13.5. The average Bonchev–Trinajstić information content (AvgIpc) is 3.06. The number of carbonyl (C=O) groups is 2. The van der Waals surface area contributed by atoms with Gasteiger partial charge in [-0.2, -0.15) is 0 Å². The van der Waals surface area contributed by atoms with Crippen LogP contribution in [0.4, 0.5) is 0 Å². The van der Waals surface area contributed by atoms with Crippen LogP contribution in [0.15, 0.2) is 42.3 Å². The summed E-state index contributed by atoms with van der Waals surface area (Å²) < 4.78 is 5.50. The topological polar surface area (TPSA) is 56.3 Å². The maximum Gasteiger partial charge on any atom is 0.302 e. The van der Waals surface area contributed by atoms with Crippen LogP contribution in [-0.4, -0.2) is 22.8 Å². The number of ether oxygens (including phenoxy) is 1. The molecule has 0 aliphatic heterocycles. The van der Waals surface area contributed by atoms with E-state index in [9.17, 15) is 9.59 Å². The molecule has 1 aromatic heterocycles. The molecule has 4 aliphatic carbocycles. The fraction of sp³-hybridized carbons (Fsp3) is 0.577. The number of aromatic nitrogens is 1. The van der Waals surface area contributed by atoms with Crippen LogP contribution in [0.3, 0.4) is 0 Å². The van der Waals surface area contributed by atoms with E-state index in [1.54, 1.807) is 0 Å². The number of pyridine rings is 1. The Morgan fingerprint density at radius 3 is 2.70 bits per heavy atom. The molecule has 6 atom stereocenters. The molecule has 1 aromatic rings. The summed E-state index contributed by atoms with van der Waals surface area (Å²) in [5.41, 5.74) is 3.89. The summed E-state index contributed by atoms with van der Waals surface area (Å²) in [6.07, 6.45) is 13.8. The predicted octanol–water partition coefficient (Wildman–Crippen LogP) is 5.15. The van der Waals surface area contributed by atoms with E-state index < -0.39 is 0 Å². The van der Waals surface area contributed by atoms with Gasteiger partial charge in [-0.25, -0.2) is 0 Å². The molecule has 0 bridgehead atoms. The highest BCUT2D eigenvalue weighted by molar-refractivity contribution is 5.95. The molecule has 1 heterocycles. The summed E-state index contributed by atoms with van der Waals surface area (Å²) >= 11 is 0. The van der Waals surface area contributed by atoms with Gasteiger partial charge in [-0.15, -0.1) is 0 Å². The van der Waals surface area contributed by atoms with E-state index in [0.717, 1.165) is 32.1 Å². The summed E-state index contributed by atoms with van der Waals surface area (Å²) in [4.78, 5) is 29.2. The highest BCUT2D eigenvalue weighted by Gasteiger charge is 2.59. The molecule has 0 aromatic carbocycles. The van der Waals surface area contributed by atoms with E-state index in [-0.39, 0.29) is 28.8 Å². The first-order valence-corrected chi connectivity index (χ1v) is 11.4. The monoisotopic (exact) mass is 405 g/mol. The minimum Gasteiger partial charge on any atom is -0.462 e. The second-order valence-corrected chi connectivity index (χ2v) is 10.3. The lowest BCUT2D eigenvalue weighted by Gasteiger charge is -2.57. The Labute approximate surface area is 178 Å². The van der Waals surface area contributed by atoms with Crippen molar-refractivity contribution in [1.82, 2.24) is 4.98 Å². The molecule has 4 heteroatoms. The number of esters is 1. The van der Waals surface area contributed by atoms with Gasteiger partial charge in [0.2, 0.25) is 0 Å². The second kappa shape index (κ2) is 6.90. The summed E-state index contributed by atoms with van der Waals surface area (Å²) in [6.45, 7) is 6.20. The summed E-state index contributed by atoms with van der Waals surface area (Å²) in [7, 11) is 0. The van der Waals surface area contributed by atoms with Gasteiger partial charge in [0.15, 0.2) is 5.78 Å². The highest BCUT2D eigenvalue weighted by atomic mass is 16.5.